The number of unbranched alkanes of at least 4 members (excludes halogenated alkanes) is 1. The fourth-order valence-electron chi connectivity index (χ4n) is 6.02. The summed E-state index contributed by atoms with van der Waals surface area (Å²) in [6.45, 7) is 4.85. The first-order chi connectivity index (χ1) is 18.1. The Hall–Kier alpha value is -3.28. The fraction of sp³-hybridized carbons (Fsp3) is 0.250. The average Bonchev–Trinajstić information content (AvgIpc) is 3.57. The normalized spacial score (nSPS) is 14.7. The third kappa shape index (κ3) is 3.30. The molecule has 0 aliphatic carbocycles. The van der Waals surface area contributed by atoms with Gasteiger partial charge in [0.2, 0.25) is 0 Å². The summed E-state index contributed by atoms with van der Waals surface area (Å²) in [6, 6.07) is 21.2. The van der Waals surface area contributed by atoms with E-state index in [9.17, 15) is 9.59 Å². The van der Waals surface area contributed by atoms with E-state index in [1.807, 2.05) is 12.1 Å². The van der Waals surface area contributed by atoms with Crippen molar-refractivity contribution in [2.75, 3.05) is 6.54 Å². The van der Waals surface area contributed by atoms with Crippen LogP contribution in [0.2, 0.25) is 0 Å². The largest absolute Gasteiger partial charge is 0.274 e. The highest BCUT2D eigenvalue weighted by Gasteiger charge is 2.37. The number of nitrogens with zero attached hydrogens (tertiary/aromatic N) is 1. The summed E-state index contributed by atoms with van der Waals surface area (Å²) in [6.07, 6.45) is 4.27. The molecule has 1 atom stereocenters. The van der Waals surface area contributed by atoms with Gasteiger partial charge in [-0.1, -0.05) is 69.5 Å². The summed E-state index contributed by atoms with van der Waals surface area (Å²) in [4.78, 5) is 28.7. The van der Waals surface area contributed by atoms with Gasteiger partial charge in [0.15, 0.2) is 0 Å². The van der Waals surface area contributed by atoms with E-state index in [-0.39, 0.29) is 11.8 Å². The standard InChI is InChI=1S/C32H27NO2S2/c1-3-5-10-18(4-2)17-33-31(34)23-15-21-22(16-24(23)32(33)35)30-28(20-12-7-9-14-26(20)37-30)27-19-11-6-8-13-25(19)36-29(21)27/h6-9,11-16,18H,3-5,10,17H2,1-2H3. The minimum atomic E-state index is -0.137. The monoisotopic (exact) mass is 521 g/mol. The lowest BCUT2D eigenvalue weighted by atomic mass is 9.97. The molecule has 2 amide bonds. The maximum Gasteiger partial charge on any atom is 0.261 e. The maximum atomic E-state index is 13.6. The molecule has 0 saturated heterocycles. The topological polar surface area (TPSA) is 37.4 Å². The number of thiophene rings is 2. The van der Waals surface area contributed by atoms with Gasteiger partial charge in [0.05, 0.1) is 11.1 Å². The van der Waals surface area contributed by atoms with Crippen molar-refractivity contribution in [3.63, 3.8) is 0 Å². The number of hydrogen-bond acceptors (Lipinski definition) is 4. The van der Waals surface area contributed by atoms with Crippen LogP contribution in [-0.4, -0.2) is 23.3 Å². The Labute approximate surface area is 223 Å². The number of fused-ring (bicyclic) bond motifs is 11. The Balaban J connectivity index is 1.51. The predicted octanol–water partition coefficient (Wildman–Crippen LogP) is 9.39. The lowest BCUT2D eigenvalue weighted by molar-refractivity contribution is 0.0624. The van der Waals surface area contributed by atoms with E-state index in [0.29, 0.717) is 23.6 Å². The van der Waals surface area contributed by atoms with Crippen molar-refractivity contribution in [1.82, 2.24) is 4.90 Å². The van der Waals surface area contributed by atoms with Crippen LogP contribution >= 0.6 is 22.7 Å². The second-order valence-electron chi connectivity index (χ2n) is 10.2. The summed E-state index contributed by atoms with van der Waals surface area (Å²) in [5, 5.41) is 7.19. The molecule has 2 aromatic heterocycles. The van der Waals surface area contributed by atoms with Gasteiger partial charge in [-0.15, -0.1) is 22.7 Å². The van der Waals surface area contributed by atoms with Gasteiger partial charge in [0.25, 0.3) is 11.8 Å². The van der Waals surface area contributed by atoms with Gasteiger partial charge >= 0.3 is 0 Å². The molecule has 7 rings (SSSR count). The first-order valence-corrected chi connectivity index (χ1v) is 14.8. The first kappa shape index (κ1) is 22.9. The lowest BCUT2D eigenvalue weighted by Gasteiger charge is -2.21. The summed E-state index contributed by atoms with van der Waals surface area (Å²) in [5.41, 5.74) is 1.11. The quantitative estimate of drug-likeness (QED) is 0.205. The van der Waals surface area contributed by atoms with Crippen LogP contribution in [0.15, 0.2) is 60.7 Å². The zero-order valence-electron chi connectivity index (χ0n) is 21.0. The summed E-state index contributed by atoms with van der Waals surface area (Å²) in [5.74, 6) is 0.0743. The van der Waals surface area contributed by atoms with Gasteiger partial charge < -0.3 is 0 Å². The van der Waals surface area contributed by atoms with Gasteiger partial charge in [0, 0.05) is 57.7 Å². The van der Waals surface area contributed by atoms with E-state index >= 15 is 0 Å². The van der Waals surface area contributed by atoms with Gasteiger partial charge in [-0.2, -0.15) is 0 Å². The lowest BCUT2D eigenvalue weighted by Crippen LogP contribution is -2.34. The molecule has 1 aliphatic heterocycles. The molecule has 1 unspecified atom stereocenters. The number of carbonyl (C=O) groups is 2. The molecule has 1 aliphatic rings. The molecule has 184 valence electrons. The van der Waals surface area contributed by atoms with Crippen LogP contribution < -0.4 is 0 Å². The van der Waals surface area contributed by atoms with Gasteiger partial charge in [-0.05, 0) is 36.6 Å². The number of hydrogen-bond donors (Lipinski definition) is 0. The summed E-state index contributed by atoms with van der Waals surface area (Å²) >= 11 is 3.57. The molecule has 0 fully saturated rings. The van der Waals surface area contributed by atoms with Crippen LogP contribution in [0.1, 0.15) is 60.2 Å². The summed E-state index contributed by atoms with van der Waals surface area (Å²) < 4.78 is 4.88. The molecule has 0 saturated carbocycles. The minimum Gasteiger partial charge on any atom is -0.274 e. The van der Waals surface area contributed by atoms with E-state index in [1.165, 1.54) is 45.2 Å². The minimum absolute atomic E-state index is 0.137. The van der Waals surface area contributed by atoms with E-state index < -0.39 is 0 Å². The SMILES string of the molecule is CCCCC(CC)CN1C(=O)c2cc3c(cc2C1=O)c1sc2ccccc2c1c1c2ccccc2sc31. The summed E-state index contributed by atoms with van der Waals surface area (Å²) in [7, 11) is 0. The average molecular weight is 522 g/mol. The molecule has 3 heterocycles. The number of amides is 2. The molecule has 4 aromatic carbocycles. The number of rotatable bonds is 6. The van der Waals surface area contributed by atoms with Crippen molar-refractivity contribution in [1.29, 1.82) is 0 Å². The van der Waals surface area contributed by atoms with Crippen molar-refractivity contribution in [3.05, 3.63) is 71.8 Å². The molecule has 5 heteroatoms. The van der Waals surface area contributed by atoms with Crippen molar-refractivity contribution in [3.8, 4) is 0 Å². The first-order valence-electron chi connectivity index (χ1n) is 13.2. The van der Waals surface area contributed by atoms with Gasteiger partial charge in [-0.25, -0.2) is 0 Å². The van der Waals surface area contributed by atoms with Crippen LogP contribution in [0, 0.1) is 5.92 Å². The van der Waals surface area contributed by atoms with Crippen LogP contribution in [0.25, 0.3) is 51.1 Å². The molecule has 6 aromatic rings. The zero-order chi connectivity index (χ0) is 25.3. The molecule has 3 nitrogen and oxygen atoms in total. The number of benzene rings is 4. The Morgan fingerprint density at radius 1 is 0.730 bits per heavy atom. The molecule has 0 radical (unpaired) electrons. The van der Waals surface area contributed by atoms with Crippen LogP contribution in [0.4, 0.5) is 0 Å². The molecular weight excluding hydrogens is 494 g/mol. The second-order valence-corrected chi connectivity index (χ2v) is 12.3. The Morgan fingerprint density at radius 3 is 1.73 bits per heavy atom. The Morgan fingerprint density at radius 2 is 1.24 bits per heavy atom. The second kappa shape index (κ2) is 8.64. The van der Waals surface area contributed by atoms with Crippen LogP contribution in [0.3, 0.4) is 0 Å². The highest BCUT2D eigenvalue weighted by atomic mass is 32.1. The highest BCUT2D eigenvalue weighted by molar-refractivity contribution is 7.29. The molecule has 0 bridgehead atoms. The van der Waals surface area contributed by atoms with Crippen LogP contribution in [0.5, 0.6) is 0 Å². The van der Waals surface area contributed by atoms with E-state index in [2.05, 4.69) is 62.4 Å². The fourth-order valence-corrected chi connectivity index (χ4v) is 8.50. The maximum absolute atomic E-state index is 13.6. The van der Waals surface area contributed by atoms with Crippen molar-refractivity contribution in [2.24, 2.45) is 5.92 Å². The Kier molecular flexibility index (Phi) is 5.34. The third-order valence-corrected chi connectivity index (χ3v) is 10.4. The van der Waals surface area contributed by atoms with E-state index in [4.69, 9.17) is 0 Å². The third-order valence-electron chi connectivity index (χ3n) is 8.02. The number of imide groups is 1. The van der Waals surface area contributed by atoms with E-state index in [0.717, 1.165) is 36.5 Å². The molecule has 0 N–H and O–H groups in total. The van der Waals surface area contributed by atoms with Crippen molar-refractivity contribution < 1.29 is 9.59 Å². The van der Waals surface area contributed by atoms with Crippen LogP contribution in [-0.2, 0) is 0 Å². The Bertz CT molecular complexity index is 1760. The molecular formula is C32H27NO2S2. The van der Waals surface area contributed by atoms with E-state index in [1.54, 1.807) is 22.7 Å². The van der Waals surface area contributed by atoms with Gasteiger partial charge in [-0.3, -0.25) is 14.5 Å². The predicted molar refractivity (Wildman–Crippen MR) is 158 cm³/mol. The van der Waals surface area contributed by atoms with Gasteiger partial charge in [0.1, 0.15) is 0 Å². The highest BCUT2D eigenvalue weighted by Crippen LogP contribution is 2.49. The number of carbonyl (C=O) groups excluding carboxylic acids is 2. The molecule has 37 heavy (non-hydrogen) atoms. The van der Waals surface area contributed by atoms with Crippen molar-refractivity contribution in [2.45, 2.75) is 39.5 Å². The smallest absolute Gasteiger partial charge is 0.261 e. The molecule has 0 spiro atoms. The zero-order valence-corrected chi connectivity index (χ0v) is 22.6. The van der Waals surface area contributed by atoms with Crippen molar-refractivity contribution >= 4 is 85.6 Å².